The Labute approximate surface area is 206 Å². The van der Waals surface area contributed by atoms with E-state index in [1.165, 1.54) is 103 Å². The third kappa shape index (κ3) is 12.8. The van der Waals surface area contributed by atoms with Gasteiger partial charge in [-0.25, -0.2) is 4.99 Å². The molecular formula is C29H56N3O+. The maximum Gasteiger partial charge on any atom is 0.221 e. The molecule has 1 rings (SSSR count). The fourth-order valence-corrected chi connectivity index (χ4v) is 5.29. The van der Waals surface area contributed by atoms with Gasteiger partial charge in [0, 0.05) is 20.3 Å². The summed E-state index contributed by atoms with van der Waals surface area (Å²) in [5.74, 6) is 0.0568. The van der Waals surface area contributed by atoms with Gasteiger partial charge in [0.25, 0.3) is 0 Å². The highest BCUT2D eigenvalue weighted by Crippen LogP contribution is 2.27. The van der Waals surface area contributed by atoms with Crippen molar-refractivity contribution in [3.05, 3.63) is 12.2 Å². The van der Waals surface area contributed by atoms with Crippen molar-refractivity contribution < 1.29 is 9.28 Å². The van der Waals surface area contributed by atoms with Crippen LogP contribution in [0.3, 0.4) is 0 Å². The van der Waals surface area contributed by atoms with E-state index >= 15 is 0 Å². The zero-order valence-corrected chi connectivity index (χ0v) is 22.6. The highest BCUT2D eigenvalue weighted by Gasteiger charge is 2.42. The SMILES string of the molecule is CCCCCCCCCCC/C=C/CCCCCCCC1N=CC[N+]1(CC)C(C)NC(C)=O. The van der Waals surface area contributed by atoms with E-state index in [0.29, 0.717) is 6.17 Å². The molecule has 0 aromatic carbocycles. The van der Waals surface area contributed by atoms with E-state index in [9.17, 15) is 4.79 Å². The third-order valence-corrected chi connectivity index (χ3v) is 7.54. The van der Waals surface area contributed by atoms with Gasteiger partial charge in [0.1, 0.15) is 6.54 Å². The van der Waals surface area contributed by atoms with Crippen molar-refractivity contribution >= 4 is 12.1 Å². The molecule has 4 heteroatoms. The highest BCUT2D eigenvalue weighted by atomic mass is 16.1. The summed E-state index contributed by atoms with van der Waals surface area (Å²) in [6, 6.07) is 0. The number of allylic oxidation sites excluding steroid dienone is 2. The molecule has 0 aromatic heterocycles. The molecule has 0 radical (unpaired) electrons. The van der Waals surface area contributed by atoms with Crippen LogP contribution in [0.1, 0.15) is 137 Å². The normalized spacial score (nSPS) is 21.2. The fraction of sp³-hybridized carbons (Fsp3) is 0.862. The summed E-state index contributed by atoms with van der Waals surface area (Å²) in [5, 5.41) is 3.11. The number of nitrogens with zero attached hydrogens (tertiary/aromatic N) is 2. The summed E-state index contributed by atoms with van der Waals surface area (Å²) in [7, 11) is 0. The monoisotopic (exact) mass is 462 g/mol. The first-order valence-corrected chi connectivity index (χ1v) is 14.4. The van der Waals surface area contributed by atoms with E-state index in [2.05, 4.69) is 44.5 Å². The van der Waals surface area contributed by atoms with Crippen molar-refractivity contribution in [2.75, 3.05) is 13.1 Å². The predicted molar refractivity (Wildman–Crippen MR) is 145 cm³/mol. The van der Waals surface area contributed by atoms with Crippen molar-refractivity contribution in [3.63, 3.8) is 0 Å². The third-order valence-electron chi connectivity index (χ3n) is 7.54. The van der Waals surface area contributed by atoms with Crippen LogP contribution in [0.2, 0.25) is 0 Å². The number of nitrogens with one attached hydrogen (secondary N) is 1. The number of carbonyl (C=O) groups is 1. The molecule has 1 heterocycles. The van der Waals surface area contributed by atoms with Crippen LogP contribution >= 0.6 is 0 Å². The van der Waals surface area contributed by atoms with Gasteiger partial charge in [0.05, 0.1) is 12.8 Å². The Balaban J connectivity index is 1.99. The molecule has 0 aromatic rings. The first-order valence-electron chi connectivity index (χ1n) is 14.4. The molecule has 1 N–H and O–H groups in total. The number of aliphatic imine (C=N–C) groups is 1. The van der Waals surface area contributed by atoms with Gasteiger partial charge >= 0.3 is 0 Å². The Morgan fingerprint density at radius 3 is 1.94 bits per heavy atom. The molecule has 0 aliphatic carbocycles. The van der Waals surface area contributed by atoms with Gasteiger partial charge < -0.3 is 5.32 Å². The summed E-state index contributed by atoms with van der Waals surface area (Å²) < 4.78 is 0.878. The largest absolute Gasteiger partial charge is 0.307 e. The van der Waals surface area contributed by atoms with Gasteiger partial charge in [-0.1, -0.05) is 89.7 Å². The van der Waals surface area contributed by atoms with Crippen LogP contribution in [0.4, 0.5) is 0 Å². The second kappa shape index (κ2) is 19.2. The minimum absolute atomic E-state index is 0.0568. The van der Waals surface area contributed by atoms with Gasteiger partial charge in [0.15, 0.2) is 12.3 Å². The topological polar surface area (TPSA) is 41.5 Å². The van der Waals surface area contributed by atoms with Crippen LogP contribution in [0.25, 0.3) is 0 Å². The van der Waals surface area contributed by atoms with Crippen LogP contribution in [0, 0.1) is 0 Å². The van der Waals surface area contributed by atoms with Crippen LogP contribution in [-0.4, -0.2) is 42.0 Å². The molecule has 1 aliphatic rings. The van der Waals surface area contributed by atoms with E-state index in [4.69, 9.17) is 4.99 Å². The highest BCUT2D eigenvalue weighted by molar-refractivity contribution is 5.73. The first kappa shape index (κ1) is 29.9. The summed E-state index contributed by atoms with van der Waals surface area (Å²) in [6.45, 7) is 10.2. The van der Waals surface area contributed by atoms with Crippen molar-refractivity contribution in [3.8, 4) is 0 Å². The van der Waals surface area contributed by atoms with Crippen molar-refractivity contribution in [1.29, 1.82) is 0 Å². The number of hydrogen-bond donors (Lipinski definition) is 1. The standard InChI is InChI=1S/C29H55N3O/c1-5-7-8-9-10-11-12-13-14-15-16-17-18-19-20-21-22-23-24-29-30-25-26-32(29,6-2)27(3)31-28(4)33/h16-17,25,27,29H,5-15,18-24,26H2,1-4H3/p+1/b17-16+. The van der Waals surface area contributed by atoms with E-state index < -0.39 is 0 Å². The number of amides is 1. The van der Waals surface area contributed by atoms with Gasteiger partial charge in [-0.2, -0.15) is 0 Å². The molecule has 3 atom stereocenters. The lowest BCUT2D eigenvalue weighted by molar-refractivity contribution is -0.959. The molecule has 1 amide bonds. The first-order chi connectivity index (χ1) is 16.1. The van der Waals surface area contributed by atoms with Gasteiger partial charge in [0.2, 0.25) is 5.91 Å². The zero-order chi connectivity index (χ0) is 24.2. The average molecular weight is 463 g/mol. The Hall–Kier alpha value is -1.16. The molecule has 192 valence electrons. The van der Waals surface area contributed by atoms with Gasteiger partial charge in [-0.15, -0.1) is 0 Å². The van der Waals surface area contributed by atoms with Crippen LogP contribution in [0.15, 0.2) is 17.1 Å². The average Bonchev–Trinajstić information content (AvgIpc) is 3.22. The van der Waals surface area contributed by atoms with Gasteiger partial charge in [-0.3, -0.25) is 9.28 Å². The minimum atomic E-state index is 0.0568. The Morgan fingerprint density at radius 1 is 0.909 bits per heavy atom. The summed E-state index contributed by atoms with van der Waals surface area (Å²) in [6.07, 6.45) is 30.2. The maximum atomic E-state index is 11.5. The molecule has 0 saturated heterocycles. The lowest BCUT2D eigenvalue weighted by Crippen LogP contribution is -2.63. The lowest BCUT2D eigenvalue weighted by Gasteiger charge is -2.42. The van der Waals surface area contributed by atoms with E-state index in [0.717, 1.165) is 24.0 Å². The van der Waals surface area contributed by atoms with Crippen molar-refractivity contribution in [2.45, 2.75) is 149 Å². The van der Waals surface area contributed by atoms with E-state index in [-0.39, 0.29) is 12.1 Å². The maximum absolute atomic E-state index is 11.5. The molecule has 0 bridgehead atoms. The Kier molecular flexibility index (Phi) is 17.4. The summed E-state index contributed by atoms with van der Waals surface area (Å²) in [4.78, 5) is 16.3. The number of hydrogen-bond acceptors (Lipinski definition) is 2. The summed E-state index contributed by atoms with van der Waals surface area (Å²) >= 11 is 0. The zero-order valence-electron chi connectivity index (χ0n) is 22.6. The smallest absolute Gasteiger partial charge is 0.221 e. The number of carbonyl (C=O) groups excluding carboxylic acids is 1. The number of unbranched alkanes of at least 4 members (excludes halogenated alkanes) is 14. The lowest BCUT2D eigenvalue weighted by atomic mass is 10.1. The van der Waals surface area contributed by atoms with E-state index in [1.54, 1.807) is 6.92 Å². The molecule has 4 nitrogen and oxygen atoms in total. The molecule has 0 fully saturated rings. The van der Waals surface area contributed by atoms with Crippen LogP contribution in [0.5, 0.6) is 0 Å². The minimum Gasteiger partial charge on any atom is -0.307 e. The Morgan fingerprint density at radius 2 is 1.42 bits per heavy atom. The predicted octanol–water partition coefficient (Wildman–Crippen LogP) is 7.92. The van der Waals surface area contributed by atoms with E-state index in [1.807, 2.05) is 0 Å². The van der Waals surface area contributed by atoms with Gasteiger partial charge in [-0.05, 0) is 39.0 Å². The summed E-state index contributed by atoms with van der Waals surface area (Å²) in [5.41, 5.74) is 0. The second-order valence-corrected chi connectivity index (χ2v) is 10.2. The quantitative estimate of drug-likeness (QED) is 0.105. The van der Waals surface area contributed by atoms with Crippen molar-refractivity contribution in [2.24, 2.45) is 4.99 Å². The molecule has 0 saturated carbocycles. The van der Waals surface area contributed by atoms with Crippen LogP contribution < -0.4 is 5.32 Å². The molecule has 1 aliphatic heterocycles. The molecule has 33 heavy (non-hydrogen) atoms. The number of quaternary nitrogens is 1. The molecule has 0 spiro atoms. The molecular weight excluding hydrogens is 406 g/mol. The second-order valence-electron chi connectivity index (χ2n) is 10.2. The fourth-order valence-electron chi connectivity index (χ4n) is 5.29. The van der Waals surface area contributed by atoms with Crippen molar-refractivity contribution in [1.82, 2.24) is 5.32 Å². The Bertz CT molecular complexity index is 545. The molecule has 3 unspecified atom stereocenters. The van der Waals surface area contributed by atoms with Crippen LogP contribution in [-0.2, 0) is 4.79 Å². The number of rotatable bonds is 21.